The Morgan fingerprint density at radius 1 is 1.50 bits per heavy atom. The molecule has 3 nitrogen and oxygen atoms in total. The molecule has 1 aliphatic heterocycles. The van der Waals surface area contributed by atoms with Gasteiger partial charge in [-0.2, -0.15) is 0 Å². The maximum Gasteiger partial charge on any atom is 0.246 e. The number of piperidine rings is 1. The van der Waals surface area contributed by atoms with Gasteiger partial charge in [0.25, 0.3) is 0 Å². The average molecular weight is 224 g/mol. The van der Waals surface area contributed by atoms with Crippen LogP contribution in [0.1, 0.15) is 39.5 Å². The monoisotopic (exact) mass is 224 g/mol. The Hall–Kier alpha value is -0.830. The Morgan fingerprint density at radius 3 is 2.88 bits per heavy atom. The van der Waals surface area contributed by atoms with Crippen molar-refractivity contribution in [2.45, 2.75) is 45.6 Å². The smallest absolute Gasteiger partial charge is 0.246 e. The van der Waals surface area contributed by atoms with Crippen molar-refractivity contribution >= 4 is 5.91 Å². The van der Waals surface area contributed by atoms with Gasteiger partial charge in [0.05, 0.1) is 0 Å². The lowest BCUT2D eigenvalue weighted by Crippen LogP contribution is -2.39. The van der Waals surface area contributed by atoms with Crippen LogP contribution in [-0.4, -0.2) is 36.5 Å². The van der Waals surface area contributed by atoms with E-state index in [1.165, 1.54) is 25.8 Å². The summed E-state index contributed by atoms with van der Waals surface area (Å²) in [6.45, 7) is 10.7. The van der Waals surface area contributed by atoms with Crippen LogP contribution < -0.4 is 5.32 Å². The molecule has 1 rings (SSSR count). The van der Waals surface area contributed by atoms with E-state index < -0.39 is 0 Å². The van der Waals surface area contributed by atoms with Crippen molar-refractivity contribution < 1.29 is 4.79 Å². The van der Waals surface area contributed by atoms with Crippen LogP contribution in [-0.2, 0) is 4.79 Å². The fraction of sp³-hybridized carbons (Fsp3) is 0.769. The molecule has 0 bridgehead atoms. The molecule has 16 heavy (non-hydrogen) atoms. The molecule has 1 amide bonds. The summed E-state index contributed by atoms with van der Waals surface area (Å²) in [7, 11) is 0. The molecule has 92 valence electrons. The van der Waals surface area contributed by atoms with Gasteiger partial charge in [-0.25, -0.2) is 0 Å². The number of nitrogens with one attached hydrogen (secondary N) is 1. The van der Waals surface area contributed by atoms with E-state index in [-0.39, 0.29) is 5.91 Å². The second-order valence-electron chi connectivity index (χ2n) is 4.77. The molecule has 0 saturated carbocycles. The molecule has 0 radical (unpaired) electrons. The van der Waals surface area contributed by atoms with Gasteiger partial charge in [0.15, 0.2) is 0 Å². The fourth-order valence-corrected chi connectivity index (χ4v) is 2.12. The number of amides is 1. The number of carbonyl (C=O) groups is 1. The van der Waals surface area contributed by atoms with Crippen molar-refractivity contribution in [3.05, 3.63) is 12.2 Å². The molecule has 1 saturated heterocycles. The van der Waals surface area contributed by atoms with Crippen LogP contribution in [0, 0.1) is 0 Å². The number of nitrogens with zero attached hydrogens (tertiary/aromatic N) is 1. The zero-order valence-corrected chi connectivity index (χ0v) is 10.6. The molecule has 1 unspecified atom stereocenters. The second-order valence-corrected chi connectivity index (χ2v) is 4.77. The van der Waals surface area contributed by atoms with Gasteiger partial charge in [0.1, 0.15) is 0 Å². The van der Waals surface area contributed by atoms with E-state index in [1.807, 2.05) is 0 Å². The van der Waals surface area contributed by atoms with Gasteiger partial charge in [0, 0.05) is 24.7 Å². The quantitative estimate of drug-likeness (QED) is 0.572. The molecular formula is C13H24N2O. The Labute approximate surface area is 98.9 Å². The van der Waals surface area contributed by atoms with Crippen LogP contribution in [0.2, 0.25) is 0 Å². The van der Waals surface area contributed by atoms with E-state index in [9.17, 15) is 4.79 Å². The van der Waals surface area contributed by atoms with Gasteiger partial charge >= 0.3 is 0 Å². The van der Waals surface area contributed by atoms with Crippen molar-refractivity contribution in [2.24, 2.45) is 0 Å². The SMILES string of the molecule is C=C(C)C(=O)NCCCN1CCCCC1C. The van der Waals surface area contributed by atoms with Gasteiger partial charge in [-0.3, -0.25) is 4.79 Å². The van der Waals surface area contributed by atoms with Crippen LogP contribution >= 0.6 is 0 Å². The Bertz CT molecular complexity index is 250. The highest BCUT2D eigenvalue weighted by Crippen LogP contribution is 2.15. The minimum absolute atomic E-state index is 0.0216. The van der Waals surface area contributed by atoms with Crippen LogP contribution in [0.15, 0.2) is 12.2 Å². The number of hydrogen-bond donors (Lipinski definition) is 1. The first-order valence-electron chi connectivity index (χ1n) is 6.29. The van der Waals surface area contributed by atoms with Crippen LogP contribution in [0.3, 0.4) is 0 Å². The lowest BCUT2D eigenvalue weighted by Gasteiger charge is -2.33. The highest BCUT2D eigenvalue weighted by molar-refractivity contribution is 5.91. The predicted octanol–water partition coefficient (Wildman–Crippen LogP) is 1.94. The van der Waals surface area contributed by atoms with Crippen molar-refractivity contribution in [1.82, 2.24) is 10.2 Å². The van der Waals surface area contributed by atoms with Gasteiger partial charge < -0.3 is 10.2 Å². The molecular weight excluding hydrogens is 200 g/mol. The molecule has 0 aromatic heterocycles. The molecule has 1 N–H and O–H groups in total. The highest BCUT2D eigenvalue weighted by Gasteiger charge is 2.17. The summed E-state index contributed by atoms with van der Waals surface area (Å²) in [5, 5.41) is 2.87. The summed E-state index contributed by atoms with van der Waals surface area (Å²) in [6.07, 6.45) is 5.04. The summed E-state index contributed by atoms with van der Waals surface area (Å²) in [6, 6.07) is 0.714. The summed E-state index contributed by atoms with van der Waals surface area (Å²) < 4.78 is 0. The number of rotatable bonds is 5. The van der Waals surface area contributed by atoms with Crippen LogP contribution in [0.5, 0.6) is 0 Å². The number of hydrogen-bond acceptors (Lipinski definition) is 2. The molecule has 0 aromatic carbocycles. The molecule has 0 aromatic rings. The Kier molecular flexibility index (Phi) is 5.53. The molecule has 3 heteroatoms. The Morgan fingerprint density at radius 2 is 2.25 bits per heavy atom. The minimum atomic E-state index is -0.0216. The van der Waals surface area contributed by atoms with E-state index in [4.69, 9.17) is 0 Å². The largest absolute Gasteiger partial charge is 0.352 e. The first-order valence-corrected chi connectivity index (χ1v) is 6.29. The van der Waals surface area contributed by atoms with Crippen molar-refractivity contribution in [1.29, 1.82) is 0 Å². The summed E-state index contributed by atoms with van der Waals surface area (Å²) in [5.41, 5.74) is 0.589. The van der Waals surface area contributed by atoms with Gasteiger partial charge in [0.2, 0.25) is 5.91 Å². The summed E-state index contributed by atoms with van der Waals surface area (Å²) in [4.78, 5) is 13.8. The van der Waals surface area contributed by atoms with E-state index in [0.717, 1.165) is 19.5 Å². The third-order valence-electron chi connectivity index (χ3n) is 3.24. The number of carbonyl (C=O) groups excluding carboxylic acids is 1. The number of likely N-dealkylation sites (tertiary alicyclic amines) is 1. The standard InChI is InChI=1S/C13H24N2O/c1-11(2)13(16)14-8-6-10-15-9-5-4-7-12(15)3/h12H,1,4-10H2,2-3H3,(H,14,16). The van der Waals surface area contributed by atoms with E-state index in [2.05, 4.69) is 23.7 Å². The van der Waals surface area contributed by atoms with Gasteiger partial charge in [-0.05, 0) is 39.7 Å². The molecule has 0 aliphatic carbocycles. The normalized spacial score (nSPS) is 21.8. The topological polar surface area (TPSA) is 32.3 Å². The first kappa shape index (κ1) is 13.2. The highest BCUT2D eigenvalue weighted by atomic mass is 16.1. The predicted molar refractivity (Wildman–Crippen MR) is 67.3 cm³/mol. The van der Waals surface area contributed by atoms with Crippen LogP contribution in [0.4, 0.5) is 0 Å². The minimum Gasteiger partial charge on any atom is -0.352 e. The molecule has 1 fully saturated rings. The van der Waals surface area contributed by atoms with Gasteiger partial charge in [-0.1, -0.05) is 13.0 Å². The molecule has 0 spiro atoms. The molecule has 1 aliphatic rings. The maximum atomic E-state index is 11.2. The van der Waals surface area contributed by atoms with E-state index >= 15 is 0 Å². The van der Waals surface area contributed by atoms with E-state index in [1.54, 1.807) is 6.92 Å². The zero-order valence-electron chi connectivity index (χ0n) is 10.6. The van der Waals surface area contributed by atoms with Crippen molar-refractivity contribution in [3.63, 3.8) is 0 Å². The zero-order chi connectivity index (χ0) is 12.0. The first-order chi connectivity index (χ1) is 7.61. The fourth-order valence-electron chi connectivity index (χ4n) is 2.12. The van der Waals surface area contributed by atoms with Crippen molar-refractivity contribution in [3.8, 4) is 0 Å². The van der Waals surface area contributed by atoms with E-state index in [0.29, 0.717) is 11.6 Å². The van der Waals surface area contributed by atoms with Gasteiger partial charge in [-0.15, -0.1) is 0 Å². The van der Waals surface area contributed by atoms with Crippen molar-refractivity contribution in [2.75, 3.05) is 19.6 Å². The molecule has 1 atom stereocenters. The maximum absolute atomic E-state index is 11.2. The van der Waals surface area contributed by atoms with Crippen LogP contribution in [0.25, 0.3) is 0 Å². The molecule has 1 heterocycles. The lowest BCUT2D eigenvalue weighted by atomic mass is 10.0. The lowest BCUT2D eigenvalue weighted by molar-refractivity contribution is -0.117. The summed E-state index contributed by atoms with van der Waals surface area (Å²) in [5.74, 6) is -0.0216. The summed E-state index contributed by atoms with van der Waals surface area (Å²) >= 11 is 0. The third kappa shape index (κ3) is 4.35. The third-order valence-corrected chi connectivity index (χ3v) is 3.24. The second kappa shape index (κ2) is 6.69. The average Bonchev–Trinajstić information content (AvgIpc) is 2.26. The Balaban J connectivity index is 2.10.